The van der Waals surface area contributed by atoms with Gasteiger partial charge in [-0.05, 0) is 37.1 Å². The average molecular weight is 333 g/mol. The number of aryl methyl sites for hydroxylation is 1. The zero-order chi connectivity index (χ0) is 16.6. The largest absolute Gasteiger partial charge is 0.344 e. The molecule has 1 aliphatic heterocycles. The summed E-state index contributed by atoms with van der Waals surface area (Å²) in [6, 6.07) is 4.87. The molecule has 23 heavy (non-hydrogen) atoms. The topological polar surface area (TPSA) is 75.0 Å². The second kappa shape index (κ2) is 6.34. The van der Waals surface area contributed by atoms with Gasteiger partial charge in [0, 0.05) is 29.0 Å². The Kier molecular flexibility index (Phi) is 4.41. The summed E-state index contributed by atoms with van der Waals surface area (Å²) in [6.45, 7) is 3.83. The molecule has 1 aromatic carbocycles. The first-order valence-electron chi connectivity index (χ1n) is 7.92. The van der Waals surface area contributed by atoms with Crippen molar-refractivity contribution in [1.29, 1.82) is 0 Å². The lowest BCUT2D eigenvalue weighted by molar-refractivity contribution is -0.119. The molecule has 1 aromatic heterocycles. The van der Waals surface area contributed by atoms with Crippen molar-refractivity contribution in [3.05, 3.63) is 46.5 Å². The van der Waals surface area contributed by atoms with E-state index in [4.69, 9.17) is 17.3 Å². The van der Waals surface area contributed by atoms with E-state index in [1.165, 1.54) is 0 Å². The van der Waals surface area contributed by atoms with Crippen molar-refractivity contribution in [3.8, 4) is 0 Å². The molecule has 0 spiro atoms. The molecule has 0 saturated carbocycles. The number of nitrogens with one attached hydrogen (secondary N) is 1. The van der Waals surface area contributed by atoms with Gasteiger partial charge in [-0.15, -0.1) is 0 Å². The van der Waals surface area contributed by atoms with E-state index in [0.29, 0.717) is 11.4 Å². The monoisotopic (exact) mass is 332 g/mol. The van der Waals surface area contributed by atoms with E-state index in [2.05, 4.69) is 16.9 Å². The highest BCUT2D eigenvalue weighted by molar-refractivity contribution is 6.30. The van der Waals surface area contributed by atoms with Gasteiger partial charge in [-0.1, -0.05) is 24.9 Å². The molecular weight excluding hydrogens is 312 g/mol. The summed E-state index contributed by atoms with van der Waals surface area (Å²) in [4.78, 5) is 22.2. The van der Waals surface area contributed by atoms with Crippen LogP contribution in [0.3, 0.4) is 0 Å². The van der Waals surface area contributed by atoms with Crippen LogP contribution < -0.4 is 10.6 Å². The minimum absolute atomic E-state index is 0.107. The van der Waals surface area contributed by atoms with Crippen molar-refractivity contribution in [2.75, 3.05) is 4.90 Å². The van der Waals surface area contributed by atoms with Gasteiger partial charge in [0.1, 0.15) is 5.82 Å². The Morgan fingerprint density at radius 3 is 3.04 bits per heavy atom. The van der Waals surface area contributed by atoms with Crippen LogP contribution in [0.2, 0.25) is 5.02 Å². The Hall–Kier alpha value is -1.85. The zero-order valence-electron chi connectivity index (χ0n) is 13.3. The van der Waals surface area contributed by atoms with Crippen LogP contribution in [0, 0.1) is 0 Å². The van der Waals surface area contributed by atoms with Crippen molar-refractivity contribution in [1.82, 2.24) is 9.97 Å². The number of anilines is 1. The summed E-state index contributed by atoms with van der Waals surface area (Å²) < 4.78 is 0. The lowest BCUT2D eigenvalue weighted by atomic mass is 10.1. The maximum absolute atomic E-state index is 12.6. The molecule has 1 aliphatic rings. The highest BCUT2D eigenvalue weighted by atomic mass is 35.5. The van der Waals surface area contributed by atoms with E-state index in [0.717, 1.165) is 35.6 Å². The number of nitrogens with zero attached hydrogens (tertiary/aromatic N) is 2. The van der Waals surface area contributed by atoms with E-state index in [-0.39, 0.29) is 11.9 Å². The maximum atomic E-state index is 12.6. The summed E-state index contributed by atoms with van der Waals surface area (Å²) in [5, 5.41) is 0.670. The Labute approximate surface area is 140 Å². The highest BCUT2D eigenvalue weighted by Gasteiger charge is 2.37. The first-order valence-corrected chi connectivity index (χ1v) is 8.30. The van der Waals surface area contributed by atoms with Gasteiger partial charge in [-0.25, -0.2) is 4.98 Å². The molecule has 6 heteroatoms. The number of carbonyl (C=O) groups is 1. The van der Waals surface area contributed by atoms with Crippen LogP contribution >= 0.6 is 11.6 Å². The molecule has 0 radical (unpaired) electrons. The number of aromatic nitrogens is 2. The van der Waals surface area contributed by atoms with Crippen LogP contribution in [0.5, 0.6) is 0 Å². The minimum atomic E-state index is -0.566. The fourth-order valence-electron chi connectivity index (χ4n) is 3.07. The highest BCUT2D eigenvalue weighted by Crippen LogP contribution is 2.41. The third-order valence-electron chi connectivity index (χ3n) is 4.14. The number of hydrogen-bond acceptors (Lipinski definition) is 3. The number of nitrogens with two attached hydrogens (primary N) is 1. The van der Waals surface area contributed by atoms with Gasteiger partial charge in [-0.3, -0.25) is 9.69 Å². The second-order valence-corrected chi connectivity index (χ2v) is 6.47. The van der Waals surface area contributed by atoms with E-state index >= 15 is 0 Å². The number of carbonyl (C=O) groups excluding carboxylic acids is 1. The SMILES string of the molecule is CCCc1cnc(C2Cc3cc(Cl)ccc3N2C(=O)[C@H](C)N)[nH]1. The fourth-order valence-corrected chi connectivity index (χ4v) is 3.27. The Bertz CT molecular complexity index is 725. The normalized spacial score (nSPS) is 18.1. The van der Waals surface area contributed by atoms with Crippen LogP contribution in [0.4, 0.5) is 5.69 Å². The van der Waals surface area contributed by atoms with Gasteiger partial charge in [0.15, 0.2) is 0 Å². The number of H-pyrrole nitrogens is 1. The Morgan fingerprint density at radius 2 is 2.35 bits per heavy atom. The lowest BCUT2D eigenvalue weighted by Gasteiger charge is -2.26. The van der Waals surface area contributed by atoms with Crippen LogP contribution in [0.25, 0.3) is 0 Å². The van der Waals surface area contributed by atoms with Gasteiger partial charge in [0.05, 0.1) is 12.1 Å². The molecule has 1 amide bonds. The van der Waals surface area contributed by atoms with Crippen molar-refractivity contribution in [2.24, 2.45) is 5.73 Å². The number of halogens is 1. The van der Waals surface area contributed by atoms with Crippen molar-refractivity contribution >= 4 is 23.2 Å². The van der Waals surface area contributed by atoms with Crippen LogP contribution in [-0.2, 0) is 17.6 Å². The molecule has 122 valence electrons. The van der Waals surface area contributed by atoms with Crippen LogP contribution in [-0.4, -0.2) is 21.9 Å². The van der Waals surface area contributed by atoms with E-state index in [1.807, 2.05) is 18.3 Å². The van der Waals surface area contributed by atoms with Crippen LogP contribution in [0.15, 0.2) is 24.4 Å². The fraction of sp³-hybridized carbons (Fsp3) is 0.412. The summed E-state index contributed by atoms with van der Waals surface area (Å²) in [5.41, 5.74) is 8.85. The molecular formula is C17H21ClN4O. The van der Waals surface area contributed by atoms with Gasteiger partial charge in [0.2, 0.25) is 5.91 Å². The van der Waals surface area contributed by atoms with Gasteiger partial charge >= 0.3 is 0 Å². The zero-order valence-corrected chi connectivity index (χ0v) is 14.1. The van der Waals surface area contributed by atoms with Crippen molar-refractivity contribution < 1.29 is 4.79 Å². The molecule has 0 aliphatic carbocycles. The molecule has 3 rings (SSSR count). The first-order chi connectivity index (χ1) is 11.0. The van der Waals surface area contributed by atoms with E-state index in [1.54, 1.807) is 17.9 Å². The Balaban J connectivity index is 2.00. The number of aromatic amines is 1. The van der Waals surface area contributed by atoms with Crippen LogP contribution in [0.1, 0.15) is 43.4 Å². The standard InChI is InChI=1S/C17H21ClN4O/c1-3-4-13-9-20-16(21-13)15-8-11-7-12(18)5-6-14(11)22(15)17(23)10(2)19/h5-7,9-10,15H,3-4,8,19H2,1-2H3,(H,20,21)/t10-,15?/m0/s1. The molecule has 1 unspecified atom stereocenters. The van der Waals surface area contributed by atoms with Gasteiger partial charge in [-0.2, -0.15) is 0 Å². The number of benzene rings is 1. The van der Waals surface area contributed by atoms with Crippen molar-refractivity contribution in [2.45, 2.75) is 45.2 Å². The predicted octanol–water partition coefficient (Wildman–Crippen LogP) is 2.99. The third kappa shape index (κ3) is 2.99. The number of amides is 1. The summed E-state index contributed by atoms with van der Waals surface area (Å²) in [6.07, 6.45) is 4.53. The second-order valence-electron chi connectivity index (χ2n) is 6.03. The number of imidazole rings is 1. The average Bonchev–Trinajstić information content (AvgIpc) is 3.10. The summed E-state index contributed by atoms with van der Waals surface area (Å²) >= 11 is 6.10. The van der Waals surface area contributed by atoms with Gasteiger partial charge < -0.3 is 10.7 Å². The molecule has 2 atom stereocenters. The summed E-state index contributed by atoms with van der Waals surface area (Å²) in [7, 11) is 0. The number of rotatable bonds is 4. The Morgan fingerprint density at radius 1 is 1.57 bits per heavy atom. The van der Waals surface area contributed by atoms with E-state index in [9.17, 15) is 4.79 Å². The quantitative estimate of drug-likeness (QED) is 0.903. The molecule has 5 nitrogen and oxygen atoms in total. The third-order valence-corrected chi connectivity index (χ3v) is 4.37. The lowest BCUT2D eigenvalue weighted by Crippen LogP contribution is -2.43. The molecule has 3 N–H and O–H groups in total. The van der Waals surface area contributed by atoms with Crippen molar-refractivity contribution in [3.63, 3.8) is 0 Å². The summed E-state index contributed by atoms with van der Waals surface area (Å²) in [5.74, 6) is 0.694. The van der Waals surface area contributed by atoms with E-state index < -0.39 is 6.04 Å². The first kappa shape index (κ1) is 16.0. The molecule has 2 heterocycles. The van der Waals surface area contributed by atoms with Gasteiger partial charge in [0.25, 0.3) is 0 Å². The predicted molar refractivity (Wildman–Crippen MR) is 91.6 cm³/mol. The molecule has 0 fully saturated rings. The maximum Gasteiger partial charge on any atom is 0.244 e. The smallest absolute Gasteiger partial charge is 0.244 e. The molecule has 2 aromatic rings. The number of fused-ring (bicyclic) bond motifs is 1. The minimum Gasteiger partial charge on any atom is -0.344 e. The molecule has 0 saturated heterocycles. The number of hydrogen-bond donors (Lipinski definition) is 2. The molecule has 0 bridgehead atoms.